The third-order valence-electron chi connectivity index (χ3n) is 25.1. The second-order valence-electron chi connectivity index (χ2n) is 41.2. The zero-order valence-corrected chi connectivity index (χ0v) is 73.3. The Morgan fingerprint density at radius 3 is 0.820 bits per heavy atom. The molecule has 0 saturated heterocycles. The SMILES string of the molecule is CC(C)(C)c1ccc2c(c1)c1cc(C(C)(C)Cc3cc(C(C)(C)C)cc4c3c3ccc(C(C)(C)C)cc3n4-c3cc(C#N)c(-n4c5cc(C(C)(C)C)ccc5c5ccc(C(C)(C)C)cc54)cc3-c3c(F)c(F)c(F)c(F)c3F)ccc1n2-c1cc(-c2c(F)c(F)c(F)c(F)c2F)c(-n2c3ccc(C(C)(C)C)cc3c3cc(C(C)(C)C)ccc32)cc1C#N. The number of fused-ring (bicyclic) bond motifs is 12. The van der Waals surface area contributed by atoms with Gasteiger partial charge in [0.15, 0.2) is 46.5 Å². The van der Waals surface area contributed by atoms with E-state index in [2.05, 4.69) is 181 Å². The van der Waals surface area contributed by atoms with E-state index in [4.69, 9.17) is 0 Å². The molecule has 6 nitrogen and oxygen atoms in total. The first kappa shape index (κ1) is 83.8. The Bertz CT molecular complexity index is 7110. The number of nitrogens with zero attached hydrogens (tertiary/aromatic N) is 6. The van der Waals surface area contributed by atoms with Gasteiger partial charge in [-0.05, 0) is 197 Å². The lowest BCUT2D eigenvalue weighted by molar-refractivity contribution is 0.381. The summed E-state index contributed by atoms with van der Waals surface area (Å²) in [5, 5.41) is 29.6. The van der Waals surface area contributed by atoms with Crippen LogP contribution in [0.25, 0.3) is 132 Å². The van der Waals surface area contributed by atoms with Crippen LogP contribution in [0.5, 0.6) is 0 Å². The second kappa shape index (κ2) is 28.1. The van der Waals surface area contributed by atoms with Crippen molar-refractivity contribution in [2.45, 2.75) is 209 Å². The molecule has 0 aliphatic rings. The first-order chi connectivity index (χ1) is 56.7. The molecule has 0 aliphatic heterocycles. The van der Waals surface area contributed by atoms with Crippen LogP contribution < -0.4 is 0 Å². The van der Waals surface area contributed by atoms with Crippen LogP contribution in [-0.4, -0.2) is 18.3 Å². The number of nitriles is 2. The summed E-state index contributed by atoms with van der Waals surface area (Å²) in [5.74, 6) is -21.5. The summed E-state index contributed by atoms with van der Waals surface area (Å²) in [6, 6.07) is 56.6. The molecule has 0 spiro atoms. The second-order valence-corrected chi connectivity index (χ2v) is 41.2. The Hall–Kier alpha value is -11.9. The van der Waals surface area contributed by atoms with Crippen molar-refractivity contribution >= 4 is 87.2 Å². The van der Waals surface area contributed by atoms with Gasteiger partial charge < -0.3 is 18.3 Å². The molecule has 622 valence electrons. The summed E-state index contributed by atoms with van der Waals surface area (Å²) < 4.78 is 173. The van der Waals surface area contributed by atoms with Crippen molar-refractivity contribution in [3.63, 3.8) is 0 Å². The van der Waals surface area contributed by atoms with Crippen LogP contribution >= 0.6 is 0 Å². The topological polar surface area (TPSA) is 67.3 Å². The maximum Gasteiger partial charge on any atom is 0.200 e. The Morgan fingerprint density at radius 2 is 0.492 bits per heavy atom. The average Bonchev–Trinajstić information content (AvgIpc) is 1.56. The predicted molar refractivity (Wildman–Crippen MR) is 478 cm³/mol. The van der Waals surface area contributed by atoms with Gasteiger partial charge in [0, 0.05) is 54.2 Å². The summed E-state index contributed by atoms with van der Waals surface area (Å²) >= 11 is 0. The normalized spacial score (nSPS) is 13.1. The third-order valence-corrected chi connectivity index (χ3v) is 25.1. The Morgan fingerprint density at radius 1 is 0.238 bits per heavy atom. The molecular weight excluding hydrogens is 1550 g/mol. The van der Waals surface area contributed by atoms with Gasteiger partial charge >= 0.3 is 0 Å². The van der Waals surface area contributed by atoms with E-state index >= 15 is 43.9 Å². The summed E-state index contributed by atoms with van der Waals surface area (Å²) in [5.41, 5.74) is 5.73. The van der Waals surface area contributed by atoms with Crippen molar-refractivity contribution in [2.24, 2.45) is 0 Å². The van der Waals surface area contributed by atoms with Crippen LogP contribution in [0.2, 0.25) is 0 Å². The van der Waals surface area contributed by atoms with E-state index in [1.807, 2.05) is 139 Å². The van der Waals surface area contributed by atoms with Crippen molar-refractivity contribution in [1.82, 2.24) is 18.3 Å². The maximum atomic E-state index is 17.6. The van der Waals surface area contributed by atoms with Gasteiger partial charge in [-0.2, -0.15) is 10.5 Å². The predicted octanol–water partition coefficient (Wildman–Crippen LogP) is 30.1. The van der Waals surface area contributed by atoms with E-state index in [9.17, 15) is 10.5 Å². The van der Waals surface area contributed by atoms with Gasteiger partial charge in [-0.25, -0.2) is 43.9 Å². The van der Waals surface area contributed by atoms with Crippen molar-refractivity contribution in [3.8, 4) is 57.1 Å². The van der Waals surface area contributed by atoms with Gasteiger partial charge in [-0.15, -0.1) is 0 Å². The largest absolute Gasteiger partial charge is 0.309 e. The van der Waals surface area contributed by atoms with Crippen LogP contribution in [0.15, 0.2) is 164 Å². The van der Waals surface area contributed by atoms with Gasteiger partial charge in [-0.1, -0.05) is 226 Å². The third kappa shape index (κ3) is 13.4. The molecule has 12 aromatic carbocycles. The number of hydrogen-bond donors (Lipinski definition) is 0. The highest BCUT2D eigenvalue weighted by Gasteiger charge is 2.37. The van der Waals surface area contributed by atoms with Crippen molar-refractivity contribution in [3.05, 3.63) is 283 Å². The average molecular weight is 1650 g/mol. The van der Waals surface area contributed by atoms with E-state index in [1.165, 1.54) is 24.3 Å². The Balaban J connectivity index is 0.954. The molecule has 0 fully saturated rings. The van der Waals surface area contributed by atoms with Crippen LogP contribution in [0.4, 0.5) is 43.9 Å². The van der Waals surface area contributed by atoms with E-state index in [-0.39, 0.29) is 66.7 Å². The number of aromatic nitrogens is 4. The zero-order valence-electron chi connectivity index (χ0n) is 73.3. The molecule has 0 atom stereocenters. The fourth-order valence-electron chi connectivity index (χ4n) is 17.9. The van der Waals surface area contributed by atoms with E-state index in [1.54, 1.807) is 9.13 Å². The summed E-state index contributed by atoms with van der Waals surface area (Å²) in [6.07, 6.45) is 0.293. The highest BCUT2D eigenvalue weighted by atomic mass is 19.2. The molecule has 16 aromatic rings. The molecule has 0 aliphatic carbocycles. The molecule has 16 rings (SSSR count). The molecule has 0 unspecified atom stereocenters. The molecule has 122 heavy (non-hydrogen) atoms. The van der Waals surface area contributed by atoms with Gasteiger partial charge in [0.05, 0.1) is 89.1 Å². The number of rotatable bonds is 9. The number of halogens is 10. The van der Waals surface area contributed by atoms with E-state index < -0.39 is 91.0 Å². The van der Waals surface area contributed by atoms with Gasteiger partial charge in [0.1, 0.15) is 12.1 Å². The number of benzene rings is 12. The molecule has 16 heteroatoms. The highest BCUT2D eigenvalue weighted by molar-refractivity contribution is 6.15. The molecule has 4 heterocycles. The standard InChI is InChI=1S/C106H98F10N6/c1-99(2,3)57-27-34-74-70(43-57)71-44-63(30-37-75(71)119(74)78-49-72(87-89(107)93(111)97(115)94(112)90(87)108)80(39-55(78)52-117)120-76-35-28-58(100(4,5)6)41-68(76)69-42-59(101(7,8)9)29-36-77(69)120)106(22,23)51-54-38-64(105(19,20)21)48-85-86(54)67-33-26-62(104(16,17)18)47-84(67)122(85)81-40-56(53-118)79(50-73(81)88-91(109)95(113)98(116)96(114)92(88)110)121-82-45-60(102(10,11)12)24-31-65(82)66-32-25-61(46-83(66)121)103(13,14)15/h24-50H,51H2,1-23H3. The molecule has 0 bridgehead atoms. The van der Waals surface area contributed by atoms with Crippen molar-refractivity contribution < 1.29 is 43.9 Å². The smallest absolute Gasteiger partial charge is 0.200 e. The molecule has 0 radical (unpaired) electrons. The monoisotopic (exact) mass is 1640 g/mol. The summed E-state index contributed by atoms with van der Waals surface area (Å²) in [6.45, 7) is 47.7. The van der Waals surface area contributed by atoms with Crippen molar-refractivity contribution in [2.75, 3.05) is 0 Å². The summed E-state index contributed by atoms with van der Waals surface area (Å²) in [4.78, 5) is 0. The molecule has 0 amide bonds. The van der Waals surface area contributed by atoms with Crippen LogP contribution in [-0.2, 0) is 49.7 Å². The van der Waals surface area contributed by atoms with Crippen LogP contribution in [0.1, 0.15) is 220 Å². The maximum absolute atomic E-state index is 17.6. The lowest BCUT2D eigenvalue weighted by Gasteiger charge is -2.28. The van der Waals surface area contributed by atoms with Crippen LogP contribution in [0.3, 0.4) is 0 Å². The van der Waals surface area contributed by atoms with Gasteiger partial charge in [-0.3, -0.25) is 0 Å². The summed E-state index contributed by atoms with van der Waals surface area (Å²) in [7, 11) is 0. The first-order valence-corrected chi connectivity index (χ1v) is 41.4. The molecule has 0 saturated carbocycles. The lowest BCUT2D eigenvalue weighted by atomic mass is 9.76. The highest BCUT2D eigenvalue weighted by Crippen LogP contribution is 2.51. The Labute approximate surface area is 705 Å². The van der Waals surface area contributed by atoms with E-state index in [0.717, 1.165) is 71.6 Å². The fourth-order valence-corrected chi connectivity index (χ4v) is 17.9. The minimum atomic E-state index is -2.33. The minimum Gasteiger partial charge on any atom is -0.309 e. The fraction of sp³-hybridized carbons (Fsp3) is 0.302. The molecule has 0 N–H and O–H groups in total. The molecular formula is C106H98F10N6. The zero-order chi connectivity index (χ0) is 88.5. The number of hydrogen-bond acceptors (Lipinski definition) is 2. The van der Waals surface area contributed by atoms with Crippen molar-refractivity contribution in [1.29, 1.82) is 10.5 Å². The van der Waals surface area contributed by atoms with Gasteiger partial charge in [0.2, 0.25) is 11.6 Å². The lowest BCUT2D eigenvalue weighted by Crippen LogP contribution is -2.21. The minimum absolute atomic E-state index is 0.00612. The first-order valence-electron chi connectivity index (χ1n) is 41.4. The molecule has 4 aromatic heterocycles. The Kier molecular flexibility index (Phi) is 19.3. The quantitative estimate of drug-likeness (QED) is 0.0821. The van der Waals surface area contributed by atoms with E-state index in [0.29, 0.717) is 72.1 Å². The van der Waals surface area contributed by atoms with Gasteiger partial charge in [0.25, 0.3) is 0 Å². The van der Waals surface area contributed by atoms with Crippen LogP contribution in [0, 0.1) is 80.8 Å².